The normalized spacial score (nSPS) is 18.9. The molecule has 2 aromatic carbocycles. The number of carbonyl (C=O) groups excluding carboxylic acids is 2. The first kappa shape index (κ1) is 23.8. The molecule has 0 spiro atoms. The standard InChI is InChI=1S/C26H29ClN2O6/c27-20-2-4-21(5-3-20)33-17-26(16-24(30)28-11-13-32-14-12-28)7-9-29(10-8-26)25(31)19-1-6-22-23(15-19)35-18-34-22/h1-6,15H,7-14,16-18H2. The lowest BCUT2D eigenvalue weighted by Gasteiger charge is -2.42. The van der Waals surface area contributed by atoms with E-state index in [2.05, 4.69) is 0 Å². The molecule has 0 radical (unpaired) electrons. The summed E-state index contributed by atoms with van der Waals surface area (Å²) in [4.78, 5) is 30.1. The Labute approximate surface area is 209 Å². The second-order valence-electron chi connectivity index (χ2n) is 9.27. The molecular weight excluding hydrogens is 472 g/mol. The van der Waals surface area contributed by atoms with E-state index in [9.17, 15) is 9.59 Å². The quantitative estimate of drug-likeness (QED) is 0.603. The first-order valence-corrected chi connectivity index (χ1v) is 12.3. The number of nitrogens with zero attached hydrogens (tertiary/aromatic N) is 2. The summed E-state index contributed by atoms with van der Waals surface area (Å²) in [5.74, 6) is 2.03. The van der Waals surface area contributed by atoms with Gasteiger partial charge in [-0.25, -0.2) is 0 Å². The molecule has 0 unspecified atom stereocenters. The molecule has 0 aromatic heterocycles. The Hall–Kier alpha value is -2.97. The maximum Gasteiger partial charge on any atom is 0.253 e. The zero-order valence-corrected chi connectivity index (χ0v) is 20.3. The van der Waals surface area contributed by atoms with Gasteiger partial charge in [-0.2, -0.15) is 0 Å². The number of fused-ring (bicyclic) bond motifs is 1. The maximum atomic E-state index is 13.2. The number of amides is 2. The van der Waals surface area contributed by atoms with Crippen LogP contribution in [0.2, 0.25) is 5.02 Å². The topological polar surface area (TPSA) is 77.5 Å². The summed E-state index contributed by atoms with van der Waals surface area (Å²) < 4.78 is 22.3. The van der Waals surface area contributed by atoms with Gasteiger partial charge in [-0.05, 0) is 55.3 Å². The molecule has 0 saturated carbocycles. The molecular formula is C26H29ClN2O6. The lowest BCUT2D eigenvalue weighted by atomic mass is 9.75. The van der Waals surface area contributed by atoms with E-state index in [1.165, 1.54) is 0 Å². The van der Waals surface area contributed by atoms with Gasteiger partial charge in [0.2, 0.25) is 12.7 Å². The van der Waals surface area contributed by atoms with Crippen LogP contribution in [0.15, 0.2) is 42.5 Å². The van der Waals surface area contributed by atoms with Crippen LogP contribution < -0.4 is 14.2 Å². The molecule has 2 fully saturated rings. The Morgan fingerprint density at radius 1 is 0.914 bits per heavy atom. The number of morpholine rings is 1. The third kappa shape index (κ3) is 5.49. The number of hydrogen-bond acceptors (Lipinski definition) is 6. The Kier molecular flexibility index (Phi) is 7.02. The summed E-state index contributed by atoms with van der Waals surface area (Å²) >= 11 is 6.00. The molecule has 8 nitrogen and oxygen atoms in total. The summed E-state index contributed by atoms with van der Waals surface area (Å²) in [6.45, 7) is 4.03. The highest BCUT2D eigenvalue weighted by Crippen LogP contribution is 2.38. The van der Waals surface area contributed by atoms with E-state index in [-0.39, 0.29) is 24.0 Å². The zero-order valence-electron chi connectivity index (χ0n) is 19.5. The molecule has 3 aliphatic heterocycles. The number of piperidine rings is 1. The van der Waals surface area contributed by atoms with Gasteiger partial charge in [0.25, 0.3) is 5.91 Å². The number of hydrogen-bond donors (Lipinski definition) is 0. The Morgan fingerprint density at radius 3 is 2.37 bits per heavy atom. The van der Waals surface area contributed by atoms with Gasteiger partial charge < -0.3 is 28.7 Å². The Morgan fingerprint density at radius 2 is 1.63 bits per heavy atom. The molecule has 2 amide bonds. The molecule has 0 bridgehead atoms. The van der Waals surface area contributed by atoms with E-state index in [1.807, 2.05) is 21.9 Å². The predicted molar refractivity (Wildman–Crippen MR) is 129 cm³/mol. The van der Waals surface area contributed by atoms with Crippen LogP contribution in [0.1, 0.15) is 29.6 Å². The fourth-order valence-corrected chi connectivity index (χ4v) is 4.91. The smallest absolute Gasteiger partial charge is 0.253 e. The van der Waals surface area contributed by atoms with Crippen molar-refractivity contribution < 1.29 is 28.5 Å². The van der Waals surface area contributed by atoms with Gasteiger partial charge in [0.1, 0.15) is 5.75 Å². The number of carbonyl (C=O) groups is 2. The highest BCUT2D eigenvalue weighted by atomic mass is 35.5. The van der Waals surface area contributed by atoms with Crippen molar-refractivity contribution in [2.75, 3.05) is 52.8 Å². The van der Waals surface area contributed by atoms with E-state index in [4.69, 9.17) is 30.5 Å². The SMILES string of the molecule is O=C(CC1(COc2ccc(Cl)cc2)CCN(C(=O)c2ccc3c(c2)OCO3)CC1)N1CCOCC1. The second kappa shape index (κ2) is 10.3. The molecule has 0 aliphatic carbocycles. The highest BCUT2D eigenvalue weighted by Gasteiger charge is 2.40. The average molecular weight is 501 g/mol. The number of rotatable bonds is 6. The van der Waals surface area contributed by atoms with Crippen molar-refractivity contribution in [3.05, 3.63) is 53.1 Å². The van der Waals surface area contributed by atoms with Crippen molar-refractivity contribution in [2.24, 2.45) is 5.41 Å². The van der Waals surface area contributed by atoms with Crippen LogP contribution in [0, 0.1) is 5.41 Å². The van der Waals surface area contributed by atoms with Gasteiger partial charge in [0, 0.05) is 48.6 Å². The fraction of sp³-hybridized carbons (Fsp3) is 0.462. The van der Waals surface area contributed by atoms with Crippen LogP contribution in [0.3, 0.4) is 0 Å². The first-order valence-electron chi connectivity index (χ1n) is 11.9. The van der Waals surface area contributed by atoms with Crippen molar-refractivity contribution in [1.82, 2.24) is 9.80 Å². The minimum absolute atomic E-state index is 0.0463. The number of ether oxygens (including phenoxy) is 4. The Bertz CT molecular complexity index is 1060. The molecule has 3 heterocycles. The van der Waals surface area contributed by atoms with Crippen molar-refractivity contribution in [3.63, 3.8) is 0 Å². The number of halogens is 1. The summed E-state index contributed by atoms with van der Waals surface area (Å²) in [5.41, 5.74) is 0.212. The summed E-state index contributed by atoms with van der Waals surface area (Å²) in [6.07, 6.45) is 1.73. The molecule has 9 heteroatoms. The third-order valence-corrected chi connectivity index (χ3v) is 7.23. The molecule has 3 aliphatic rings. The lowest BCUT2D eigenvalue weighted by Crippen LogP contribution is -2.49. The first-order chi connectivity index (χ1) is 17.0. The van der Waals surface area contributed by atoms with Crippen LogP contribution in [0.4, 0.5) is 0 Å². The predicted octanol–water partition coefficient (Wildman–Crippen LogP) is 3.62. The van der Waals surface area contributed by atoms with Crippen molar-refractivity contribution in [2.45, 2.75) is 19.3 Å². The van der Waals surface area contributed by atoms with Gasteiger partial charge in [-0.1, -0.05) is 11.6 Å². The van der Waals surface area contributed by atoms with Crippen LogP contribution in [0.25, 0.3) is 0 Å². The van der Waals surface area contributed by atoms with Gasteiger partial charge in [0.15, 0.2) is 11.5 Å². The fourth-order valence-electron chi connectivity index (χ4n) is 4.78. The monoisotopic (exact) mass is 500 g/mol. The summed E-state index contributed by atoms with van der Waals surface area (Å²) in [5, 5.41) is 0.643. The molecule has 0 atom stereocenters. The number of benzene rings is 2. The summed E-state index contributed by atoms with van der Waals surface area (Å²) in [6, 6.07) is 12.5. The molecule has 0 N–H and O–H groups in total. The van der Waals surface area contributed by atoms with E-state index >= 15 is 0 Å². The van der Waals surface area contributed by atoms with Crippen molar-refractivity contribution in [1.29, 1.82) is 0 Å². The van der Waals surface area contributed by atoms with Crippen molar-refractivity contribution >= 4 is 23.4 Å². The van der Waals surface area contributed by atoms with Crippen LogP contribution in [0.5, 0.6) is 17.2 Å². The van der Waals surface area contributed by atoms with Crippen LogP contribution in [-0.2, 0) is 9.53 Å². The van der Waals surface area contributed by atoms with E-state index in [0.29, 0.717) is 93.1 Å². The van der Waals surface area contributed by atoms with E-state index < -0.39 is 0 Å². The molecule has 35 heavy (non-hydrogen) atoms. The maximum absolute atomic E-state index is 13.2. The van der Waals surface area contributed by atoms with Gasteiger partial charge in [0.05, 0.1) is 19.8 Å². The van der Waals surface area contributed by atoms with Crippen LogP contribution >= 0.6 is 11.6 Å². The van der Waals surface area contributed by atoms with Gasteiger partial charge >= 0.3 is 0 Å². The van der Waals surface area contributed by atoms with Gasteiger partial charge in [-0.3, -0.25) is 9.59 Å². The molecule has 2 aromatic rings. The molecule has 5 rings (SSSR count). The molecule has 186 valence electrons. The molecule has 2 saturated heterocycles. The minimum Gasteiger partial charge on any atom is -0.493 e. The third-order valence-electron chi connectivity index (χ3n) is 6.98. The van der Waals surface area contributed by atoms with E-state index in [1.54, 1.807) is 30.3 Å². The highest BCUT2D eigenvalue weighted by molar-refractivity contribution is 6.30. The zero-order chi connectivity index (χ0) is 24.3. The second-order valence-corrected chi connectivity index (χ2v) is 9.71. The van der Waals surface area contributed by atoms with Crippen molar-refractivity contribution in [3.8, 4) is 17.2 Å². The lowest BCUT2D eigenvalue weighted by molar-refractivity contribution is -0.139. The van der Waals surface area contributed by atoms with Gasteiger partial charge in [-0.15, -0.1) is 0 Å². The number of likely N-dealkylation sites (tertiary alicyclic amines) is 1. The largest absolute Gasteiger partial charge is 0.493 e. The van der Waals surface area contributed by atoms with Crippen LogP contribution in [-0.4, -0.2) is 74.4 Å². The van der Waals surface area contributed by atoms with E-state index in [0.717, 1.165) is 0 Å². The summed E-state index contributed by atoms with van der Waals surface area (Å²) in [7, 11) is 0. The Balaban J connectivity index is 1.27. The average Bonchev–Trinajstić information content (AvgIpc) is 3.37. The minimum atomic E-state index is -0.360.